The number of amidine groups is 2. The van der Waals surface area contributed by atoms with Gasteiger partial charge in [-0.3, -0.25) is 19.6 Å². The van der Waals surface area contributed by atoms with Gasteiger partial charge in [0.2, 0.25) is 0 Å². The smallest absolute Gasteiger partial charge is 0.257 e. The van der Waals surface area contributed by atoms with E-state index in [1.165, 1.54) is 12.1 Å². The fourth-order valence-electron chi connectivity index (χ4n) is 3.57. The third-order valence-electron chi connectivity index (χ3n) is 5.27. The second-order valence-corrected chi connectivity index (χ2v) is 7.52. The molecular weight excluding hydrogens is 478 g/mol. The number of nitrogens with zero attached hydrogens (tertiary/aromatic N) is 2. The van der Waals surface area contributed by atoms with Crippen molar-refractivity contribution in [2.75, 3.05) is 44.6 Å². The zero-order valence-electron chi connectivity index (χ0n) is 20.5. The molecule has 0 heterocycles. The number of carbonyl (C=O) groups is 2. The fourth-order valence-corrected chi connectivity index (χ4v) is 3.57. The maximum atomic E-state index is 12.8. The lowest BCUT2D eigenvalue weighted by molar-refractivity contribution is 0.101. The van der Waals surface area contributed by atoms with Crippen molar-refractivity contribution in [3.05, 3.63) is 89.0 Å². The van der Waals surface area contributed by atoms with Crippen LogP contribution in [-0.2, 0) is 0 Å². The predicted octanol–water partition coefficient (Wildman–Crippen LogP) is 3.39. The molecule has 0 saturated heterocycles. The number of nitrogens with one attached hydrogen (secondary N) is 4. The van der Waals surface area contributed by atoms with Crippen LogP contribution in [0, 0.1) is 0 Å². The Hall–Kier alpha value is -4.37. The molecule has 9 nitrogen and oxygen atoms in total. The molecule has 6 N–H and O–H groups in total. The Morgan fingerprint density at radius 1 is 0.694 bits per heavy atom. The van der Waals surface area contributed by atoms with E-state index in [-0.39, 0.29) is 35.5 Å². The van der Waals surface area contributed by atoms with Crippen LogP contribution >= 0.6 is 12.4 Å². The van der Waals surface area contributed by atoms with Gasteiger partial charge >= 0.3 is 0 Å². The molecule has 3 aromatic carbocycles. The Morgan fingerprint density at radius 3 is 1.64 bits per heavy atom. The summed E-state index contributed by atoms with van der Waals surface area (Å²) >= 11 is 0. The number of halogens is 1. The van der Waals surface area contributed by atoms with Crippen LogP contribution in [-0.4, -0.2) is 51.7 Å². The molecule has 0 aliphatic heterocycles. The Morgan fingerprint density at radius 2 is 1.19 bits per heavy atom. The number of amides is 2. The van der Waals surface area contributed by atoms with Crippen molar-refractivity contribution in [1.82, 2.24) is 10.6 Å². The van der Waals surface area contributed by atoms with E-state index >= 15 is 0 Å². The molecule has 0 aliphatic carbocycles. The average Bonchev–Trinajstić information content (AvgIpc) is 2.86. The Bertz CT molecular complexity index is 1300. The van der Waals surface area contributed by atoms with Crippen LogP contribution in [0.2, 0.25) is 0 Å². The topological polar surface area (TPSA) is 133 Å². The highest BCUT2D eigenvalue weighted by molar-refractivity contribution is 6.11. The molecule has 0 fully saturated rings. The molecular formula is C26H30ClN7O2. The van der Waals surface area contributed by atoms with Crippen LogP contribution in [0.1, 0.15) is 31.8 Å². The van der Waals surface area contributed by atoms with Crippen molar-refractivity contribution in [3.8, 4) is 0 Å². The number of hydrogen-bond donors (Lipinski definition) is 5. The average molecular weight is 508 g/mol. The molecule has 188 valence electrons. The zero-order chi connectivity index (χ0) is 25.4. The van der Waals surface area contributed by atoms with Crippen LogP contribution < -0.4 is 27.0 Å². The summed E-state index contributed by atoms with van der Waals surface area (Å²) in [4.78, 5) is 34.0. The summed E-state index contributed by atoms with van der Waals surface area (Å²) in [6.07, 6.45) is 0. The zero-order valence-corrected chi connectivity index (χ0v) is 21.4. The van der Waals surface area contributed by atoms with E-state index in [4.69, 9.17) is 5.73 Å². The summed E-state index contributed by atoms with van der Waals surface area (Å²) in [5.41, 5.74) is 9.82. The lowest BCUT2D eigenvalue weighted by Gasteiger charge is -2.12. The number of carbonyl (C=O) groups excluding carboxylic acids is 2. The first-order valence-electron chi connectivity index (χ1n) is 10.9. The summed E-state index contributed by atoms with van der Waals surface area (Å²) in [5, 5.41) is 11.7. The van der Waals surface area contributed by atoms with E-state index in [0.717, 1.165) is 11.1 Å². The molecule has 0 unspecified atom stereocenters. The van der Waals surface area contributed by atoms with Gasteiger partial charge < -0.3 is 27.0 Å². The molecule has 0 saturated carbocycles. The number of anilines is 3. The summed E-state index contributed by atoms with van der Waals surface area (Å²) in [6, 6.07) is 19.2. The molecule has 10 heteroatoms. The summed E-state index contributed by atoms with van der Waals surface area (Å²) in [5.74, 6) is 0.685. The van der Waals surface area contributed by atoms with Gasteiger partial charge in [-0.1, -0.05) is 24.3 Å². The second-order valence-electron chi connectivity index (χ2n) is 7.52. The third kappa shape index (κ3) is 6.61. The minimum Gasteiger partial charge on any atom is -0.398 e. The SMILES string of the molecule is CN=C(NC)c1cccc(NC(=O)c2ccc(C(=O)Nc3cccc(C(=NC)NC)c3)c(N)c2)c1.Cl. The summed E-state index contributed by atoms with van der Waals surface area (Å²) < 4.78 is 0. The van der Waals surface area contributed by atoms with Gasteiger partial charge in [0.25, 0.3) is 11.8 Å². The van der Waals surface area contributed by atoms with Crippen LogP contribution in [0.5, 0.6) is 0 Å². The molecule has 3 rings (SSSR count). The highest BCUT2D eigenvalue weighted by Gasteiger charge is 2.15. The predicted molar refractivity (Wildman–Crippen MR) is 150 cm³/mol. The molecule has 0 aromatic heterocycles. The lowest BCUT2D eigenvalue weighted by atomic mass is 10.1. The molecule has 0 bridgehead atoms. The summed E-state index contributed by atoms with van der Waals surface area (Å²) in [7, 11) is 6.93. The van der Waals surface area contributed by atoms with Crippen molar-refractivity contribution < 1.29 is 9.59 Å². The number of nitrogens with two attached hydrogens (primary N) is 1. The van der Waals surface area contributed by atoms with Gasteiger partial charge in [0.15, 0.2) is 0 Å². The van der Waals surface area contributed by atoms with E-state index in [2.05, 4.69) is 31.3 Å². The molecule has 3 aromatic rings. The van der Waals surface area contributed by atoms with Gasteiger partial charge in [-0.2, -0.15) is 0 Å². The van der Waals surface area contributed by atoms with Gasteiger partial charge in [0, 0.05) is 61.9 Å². The van der Waals surface area contributed by atoms with Crippen molar-refractivity contribution >= 4 is 53.0 Å². The van der Waals surface area contributed by atoms with Gasteiger partial charge in [0.1, 0.15) is 11.7 Å². The number of hydrogen-bond acceptors (Lipinski definition) is 5. The van der Waals surface area contributed by atoms with E-state index < -0.39 is 0 Å². The van der Waals surface area contributed by atoms with E-state index in [1.54, 1.807) is 46.4 Å². The van der Waals surface area contributed by atoms with Gasteiger partial charge in [0.05, 0.1) is 5.56 Å². The normalized spacial score (nSPS) is 11.2. The van der Waals surface area contributed by atoms with Crippen LogP contribution in [0.4, 0.5) is 17.1 Å². The number of nitrogen functional groups attached to an aromatic ring is 1. The number of rotatable bonds is 6. The molecule has 0 aliphatic rings. The first-order chi connectivity index (χ1) is 16.9. The first-order valence-corrected chi connectivity index (χ1v) is 10.9. The minimum absolute atomic E-state index is 0. The van der Waals surface area contributed by atoms with E-state index in [1.807, 2.05) is 36.4 Å². The van der Waals surface area contributed by atoms with Gasteiger partial charge in [-0.15, -0.1) is 12.4 Å². The Kier molecular flexibility index (Phi) is 10.00. The molecule has 2 amide bonds. The summed E-state index contributed by atoms with van der Waals surface area (Å²) in [6.45, 7) is 0. The lowest BCUT2D eigenvalue weighted by Crippen LogP contribution is -2.20. The van der Waals surface area contributed by atoms with E-state index in [9.17, 15) is 9.59 Å². The highest BCUT2D eigenvalue weighted by atomic mass is 35.5. The standard InChI is InChI=1S/C26H29N7O2.ClH/c1-28-23(29-2)16-7-5-9-19(13-16)32-25(34)18-11-12-21(22(27)15-18)26(35)33-20-10-6-8-17(14-20)24(30-3)31-4;/h5-15H,27H2,1-4H3,(H,28,29)(H,30,31)(H,32,34)(H,33,35);1H. The molecule has 0 radical (unpaired) electrons. The van der Waals surface area contributed by atoms with Crippen LogP contribution in [0.3, 0.4) is 0 Å². The van der Waals surface area contributed by atoms with E-state index in [0.29, 0.717) is 28.6 Å². The monoisotopic (exact) mass is 507 g/mol. The second kappa shape index (κ2) is 12.9. The Labute approximate surface area is 216 Å². The quantitative estimate of drug-likeness (QED) is 0.198. The van der Waals surface area contributed by atoms with Crippen LogP contribution in [0.15, 0.2) is 76.7 Å². The van der Waals surface area contributed by atoms with Crippen LogP contribution in [0.25, 0.3) is 0 Å². The fraction of sp³-hybridized carbons (Fsp3) is 0.154. The minimum atomic E-state index is -0.378. The largest absolute Gasteiger partial charge is 0.398 e. The highest BCUT2D eigenvalue weighted by Crippen LogP contribution is 2.19. The van der Waals surface area contributed by atoms with Crippen molar-refractivity contribution in [1.29, 1.82) is 0 Å². The van der Waals surface area contributed by atoms with Crippen molar-refractivity contribution in [2.45, 2.75) is 0 Å². The van der Waals surface area contributed by atoms with Gasteiger partial charge in [-0.05, 0) is 42.5 Å². The molecule has 0 spiro atoms. The van der Waals surface area contributed by atoms with Gasteiger partial charge in [-0.25, -0.2) is 0 Å². The Balaban J connectivity index is 0.00000456. The maximum Gasteiger partial charge on any atom is 0.257 e. The third-order valence-corrected chi connectivity index (χ3v) is 5.27. The molecule has 36 heavy (non-hydrogen) atoms. The first kappa shape index (κ1) is 27.9. The number of benzene rings is 3. The number of aliphatic imine (C=N–C) groups is 2. The molecule has 0 atom stereocenters. The maximum absolute atomic E-state index is 12.8. The van der Waals surface area contributed by atoms with Crippen molar-refractivity contribution in [2.24, 2.45) is 9.98 Å². The van der Waals surface area contributed by atoms with Crippen molar-refractivity contribution in [3.63, 3.8) is 0 Å².